The monoisotopic (exact) mass is 236 g/mol. The lowest BCUT2D eigenvalue weighted by Crippen LogP contribution is -2.34. The summed E-state index contributed by atoms with van der Waals surface area (Å²) in [6, 6.07) is 1.99. The lowest BCUT2D eigenvalue weighted by Gasteiger charge is -2.26. The van der Waals surface area contributed by atoms with Gasteiger partial charge in [0, 0.05) is 25.7 Å². The van der Waals surface area contributed by atoms with Gasteiger partial charge in [0.1, 0.15) is 12.0 Å². The minimum absolute atomic E-state index is 0.0456. The molecule has 1 N–H and O–H groups in total. The largest absolute Gasteiger partial charge is 0.355 e. The Morgan fingerprint density at radius 2 is 2.41 bits per heavy atom. The highest BCUT2D eigenvalue weighted by Gasteiger charge is 2.22. The van der Waals surface area contributed by atoms with Crippen LogP contribution in [-0.2, 0) is 0 Å². The molecular formula is C11H16N4O2. The van der Waals surface area contributed by atoms with Gasteiger partial charge in [-0.3, -0.25) is 10.1 Å². The van der Waals surface area contributed by atoms with Crippen LogP contribution in [0.4, 0.5) is 11.5 Å². The Kier molecular flexibility index (Phi) is 3.23. The van der Waals surface area contributed by atoms with Gasteiger partial charge in [0.25, 0.3) is 5.69 Å². The molecule has 0 amide bonds. The van der Waals surface area contributed by atoms with Crippen LogP contribution in [-0.4, -0.2) is 36.1 Å². The number of rotatable bonds is 3. The third kappa shape index (κ3) is 2.36. The standard InChI is InChI=1S/C11H16N4O2/c1-8-5-10(15(16)17)7-13-11(8)14(2)9-3-4-12-6-9/h5,7,9,12H,3-4,6H2,1-2H3. The molecule has 1 unspecified atom stereocenters. The zero-order valence-corrected chi connectivity index (χ0v) is 10.0. The minimum Gasteiger partial charge on any atom is -0.355 e. The molecule has 0 bridgehead atoms. The smallest absolute Gasteiger partial charge is 0.287 e. The van der Waals surface area contributed by atoms with E-state index in [0.717, 1.165) is 30.9 Å². The van der Waals surface area contributed by atoms with Crippen LogP contribution in [0.2, 0.25) is 0 Å². The maximum atomic E-state index is 10.6. The summed E-state index contributed by atoms with van der Waals surface area (Å²) in [5.41, 5.74) is 0.887. The van der Waals surface area contributed by atoms with Crippen LogP contribution in [0.1, 0.15) is 12.0 Å². The van der Waals surface area contributed by atoms with Gasteiger partial charge in [-0.05, 0) is 25.5 Å². The number of aryl methyl sites for hydroxylation is 1. The highest BCUT2D eigenvalue weighted by atomic mass is 16.6. The van der Waals surface area contributed by atoms with Crippen molar-refractivity contribution in [1.29, 1.82) is 0 Å². The van der Waals surface area contributed by atoms with Crippen molar-refractivity contribution in [3.8, 4) is 0 Å². The lowest BCUT2D eigenvalue weighted by atomic mass is 10.2. The van der Waals surface area contributed by atoms with Gasteiger partial charge in [-0.1, -0.05) is 0 Å². The molecule has 1 aliphatic rings. The Labute approximate surface area is 99.8 Å². The van der Waals surface area contributed by atoms with E-state index in [1.54, 1.807) is 6.07 Å². The molecule has 6 heteroatoms. The fraction of sp³-hybridized carbons (Fsp3) is 0.545. The van der Waals surface area contributed by atoms with E-state index in [9.17, 15) is 10.1 Å². The Morgan fingerprint density at radius 1 is 1.65 bits per heavy atom. The van der Waals surface area contributed by atoms with Gasteiger partial charge in [0.2, 0.25) is 0 Å². The van der Waals surface area contributed by atoms with Crippen molar-refractivity contribution in [3.63, 3.8) is 0 Å². The molecule has 0 radical (unpaired) electrons. The number of pyridine rings is 1. The molecule has 17 heavy (non-hydrogen) atoms. The van der Waals surface area contributed by atoms with Gasteiger partial charge < -0.3 is 10.2 Å². The van der Waals surface area contributed by atoms with Gasteiger partial charge in [-0.15, -0.1) is 0 Å². The number of nitrogens with zero attached hydrogens (tertiary/aromatic N) is 3. The molecule has 1 aliphatic heterocycles. The number of nitrogens with one attached hydrogen (secondary N) is 1. The van der Waals surface area contributed by atoms with Crippen LogP contribution >= 0.6 is 0 Å². The first-order valence-electron chi connectivity index (χ1n) is 5.64. The summed E-state index contributed by atoms with van der Waals surface area (Å²) in [4.78, 5) is 16.5. The van der Waals surface area contributed by atoms with Crippen molar-refractivity contribution in [2.75, 3.05) is 25.0 Å². The van der Waals surface area contributed by atoms with Gasteiger partial charge in [0.15, 0.2) is 0 Å². The van der Waals surface area contributed by atoms with Crippen molar-refractivity contribution >= 4 is 11.5 Å². The van der Waals surface area contributed by atoms with Gasteiger partial charge in [-0.25, -0.2) is 4.98 Å². The van der Waals surface area contributed by atoms with Crippen molar-refractivity contribution in [2.45, 2.75) is 19.4 Å². The predicted octanol–water partition coefficient (Wildman–Crippen LogP) is 1.10. The number of aromatic nitrogens is 1. The molecule has 0 spiro atoms. The molecule has 0 aromatic carbocycles. The molecule has 1 aromatic heterocycles. The van der Waals surface area contributed by atoms with Crippen LogP contribution in [0.3, 0.4) is 0 Å². The van der Waals surface area contributed by atoms with E-state index in [1.807, 2.05) is 14.0 Å². The number of likely N-dealkylation sites (N-methyl/N-ethyl adjacent to an activating group) is 1. The zero-order chi connectivity index (χ0) is 12.4. The summed E-state index contributed by atoms with van der Waals surface area (Å²) in [6.45, 7) is 3.81. The molecular weight excluding hydrogens is 220 g/mol. The summed E-state index contributed by atoms with van der Waals surface area (Å²) >= 11 is 0. The third-order valence-corrected chi connectivity index (χ3v) is 3.16. The molecule has 2 heterocycles. The first-order valence-corrected chi connectivity index (χ1v) is 5.64. The average Bonchev–Trinajstić information content (AvgIpc) is 2.81. The van der Waals surface area contributed by atoms with E-state index in [1.165, 1.54) is 6.20 Å². The normalized spacial score (nSPS) is 19.3. The molecule has 2 rings (SSSR count). The second-order valence-corrected chi connectivity index (χ2v) is 4.35. The lowest BCUT2D eigenvalue weighted by molar-refractivity contribution is -0.385. The van der Waals surface area contributed by atoms with E-state index in [4.69, 9.17) is 0 Å². The van der Waals surface area contributed by atoms with E-state index >= 15 is 0 Å². The fourth-order valence-electron chi connectivity index (χ4n) is 2.16. The van der Waals surface area contributed by atoms with Gasteiger partial charge >= 0.3 is 0 Å². The number of hydrogen-bond acceptors (Lipinski definition) is 5. The minimum atomic E-state index is -0.416. The zero-order valence-electron chi connectivity index (χ0n) is 10.0. The number of nitro groups is 1. The van der Waals surface area contributed by atoms with Crippen molar-refractivity contribution < 1.29 is 4.92 Å². The molecule has 92 valence electrons. The Morgan fingerprint density at radius 3 is 2.94 bits per heavy atom. The van der Waals surface area contributed by atoms with Crippen molar-refractivity contribution in [3.05, 3.63) is 27.9 Å². The Balaban J connectivity index is 2.23. The van der Waals surface area contributed by atoms with Crippen molar-refractivity contribution in [2.24, 2.45) is 0 Å². The first kappa shape index (κ1) is 11.8. The van der Waals surface area contributed by atoms with Crippen LogP contribution < -0.4 is 10.2 Å². The van der Waals surface area contributed by atoms with E-state index in [-0.39, 0.29) is 5.69 Å². The van der Waals surface area contributed by atoms with Gasteiger partial charge in [0.05, 0.1) is 4.92 Å². The predicted molar refractivity (Wildman–Crippen MR) is 65.3 cm³/mol. The summed E-state index contributed by atoms with van der Waals surface area (Å²) in [5.74, 6) is 0.823. The first-order chi connectivity index (χ1) is 8.09. The Bertz CT molecular complexity index is 429. The highest BCUT2D eigenvalue weighted by molar-refractivity contribution is 5.50. The summed E-state index contributed by atoms with van der Waals surface area (Å²) in [6.07, 6.45) is 2.40. The van der Waals surface area contributed by atoms with E-state index in [0.29, 0.717) is 6.04 Å². The van der Waals surface area contributed by atoms with Crippen molar-refractivity contribution in [1.82, 2.24) is 10.3 Å². The second-order valence-electron chi connectivity index (χ2n) is 4.35. The number of hydrogen-bond donors (Lipinski definition) is 1. The van der Waals surface area contributed by atoms with Crippen LogP contribution in [0, 0.1) is 17.0 Å². The average molecular weight is 236 g/mol. The maximum absolute atomic E-state index is 10.6. The van der Waals surface area contributed by atoms with Gasteiger partial charge in [-0.2, -0.15) is 0 Å². The molecule has 1 aromatic rings. The van der Waals surface area contributed by atoms with E-state index < -0.39 is 4.92 Å². The topological polar surface area (TPSA) is 71.3 Å². The van der Waals surface area contributed by atoms with Crippen LogP contribution in [0.5, 0.6) is 0 Å². The molecule has 0 saturated carbocycles. The van der Waals surface area contributed by atoms with E-state index in [2.05, 4.69) is 15.2 Å². The third-order valence-electron chi connectivity index (χ3n) is 3.16. The summed E-state index contributed by atoms with van der Waals surface area (Å²) in [7, 11) is 1.98. The molecule has 6 nitrogen and oxygen atoms in total. The Hall–Kier alpha value is -1.69. The fourth-order valence-corrected chi connectivity index (χ4v) is 2.16. The SMILES string of the molecule is Cc1cc([N+](=O)[O-])cnc1N(C)C1CCNC1. The molecule has 1 saturated heterocycles. The molecule has 1 atom stereocenters. The highest BCUT2D eigenvalue weighted by Crippen LogP contribution is 2.23. The quantitative estimate of drug-likeness (QED) is 0.628. The molecule has 1 fully saturated rings. The second kappa shape index (κ2) is 4.67. The summed E-state index contributed by atoms with van der Waals surface area (Å²) < 4.78 is 0. The summed E-state index contributed by atoms with van der Waals surface area (Å²) in [5, 5.41) is 13.9. The van der Waals surface area contributed by atoms with Crippen LogP contribution in [0.15, 0.2) is 12.3 Å². The maximum Gasteiger partial charge on any atom is 0.287 e. The molecule has 0 aliphatic carbocycles. The number of anilines is 1. The van der Waals surface area contributed by atoms with Crippen LogP contribution in [0.25, 0.3) is 0 Å².